The molecule has 0 N–H and O–H groups in total. The fourth-order valence-electron chi connectivity index (χ4n) is 2.18. The lowest BCUT2D eigenvalue weighted by atomic mass is 9.86. The molecule has 1 aromatic rings. The van der Waals surface area contributed by atoms with Crippen LogP contribution in [0.25, 0.3) is 0 Å². The number of nitriles is 1. The molecule has 0 bridgehead atoms. The first-order chi connectivity index (χ1) is 8.79. The molecule has 0 spiro atoms. The quantitative estimate of drug-likeness (QED) is 0.704. The third-order valence-electron chi connectivity index (χ3n) is 3.28. The first-order valence-corrected chi connectivity index (χ1v) is 6.31. The molecule has 0 saturated heterocycles. The zero-order valence-corrected chi connectivity index (χ0v) is 10.3. The van der Waals surface area contributed by atoms with Crippen molar-refractivity contribution >= 4 is 5.78 Å². The standard InChI is InChI=1S/C16H15NO/c17-12-14-10-8-13(9-11-14)4-3-6-15-5-1-2-7-16(15)18/h8-11,15H,1-2,5-7H2. The molecule has 2 nitrogen and oxygen atoms in total. The zero-order valence-electron chi connectivity index (χ0n) is 10.3. The van der Waals surface area contributed by atoms with Gasteiger partial charge in [0.25, 0.3) is 0 Å². The molecule has 1 unspecified atom stereocenters. The van der Waals surface area contributed by atoms with Crippen molar-refractivity contribution in [3.63, 3.8) is 0 Å². The summed E-state index contributed by atoms with van der Waals surface area (Å²) in [7, 11) is 0. The normalized spacial score (nSPS) is 18.6. The van der Waals surface area contributed by atoms with E-state index in [9.17, 15) is 4.79 Å². The summed E-state index contributed by atoms with van der Waals surface area (Å²) in [6.45, 7) is 0. The van der Waals surface area contributed by atoms with Gasteiger partial charge in [-0.05, 0) is 37.1 Å². The maximum atomic E-state index is 11.6. The first-order valence-electron chi connectivity index (χ1n) is 6.31. The van der Waals surface area contributed by atoms with Crippen molar-refractivity contribution < 1.29 is 4.79 Å². The highest BCUT2D eigenvalue weighted by atomic mass is 16.1. The van der Waals surface area contributed by atoms with E-state index in [0.717, 1.165) is 31.2 Å². The molecule has 0 amide bonds. The minimum absolute atomic E-state index is 0.143. The molecule has 2 rings (SSSR count). The summed E-state index contributed by atoms with van der Waals surface area (Å²) in [6, 6.07) is 9.28. The Labute approximate surface area is 108 Å². The minimum atomic E-state index is 0.143. The summed E-state index contributed by atoms with van der Waals surface area (Å²) in [4.78, 5) is 11.6. The van der Waals surface area contributed by atoms with E-state index in [1.165, 1.54) is 0 Å². The summed E-state index contributed by atoms with van der Waals surface area (Å²) in [6.07, 6.45) is 4.57. The Kier molecular flexibility index (Phi) is 4.15. The number of hydrogen-bond acceptors (Lipinski definition) is 2. The summed E-state index contributed by atoms with van der Waals surface area (Å²) >= 11 is 0. The predicted molar refractivity (Wildman–Crippen MR) is 69.6 cm³/mol. The van der Waals surface area contributed by atoms with Gasteiger partial charge in [0.1, 0.15) is 5.78 Å². The Morgan fingerprint density at radius 2 is 1.89 bits per heavy atom. The van der Waals surface area contributed by atoms with Crippen LogP contribution in [0.3, 0.4) is 0 Å². The fourth-order valence-corrected chi connectivity index (χ4v) is 2.18. The summed E-state index contributed by atoms with van der Waals surface area (Å²) in [5, 5.41) is 8.68. The van der Waals surface area contributed by atoms with Crippen LogP contribution in [-0.4, -0.2) is 5.78 Å². The van der Waals surface area contributed by atoms with E-state index in [-0.39, 0.29) is 5.92 Å². The molecule has 0 aliphatic heterocycles. The maximum Gasteiger partial charge on any atom is 0.136 e. The largest absolute Gasteiger partial charge is 0.299 e. The van der Waals surface area contributed by atoms with Crippen LogP contribution in [0.2, 0.25) is 0 Å². The van der Waals surface area contributed by atoms with Crippen LogP contribution in [-0.2, 0) is 4.79 Å². The SMILES string of the molecule is N#Cc1ccc(C#CCC2CCCCC2=O)cc1. The maximum absolute atomic E-state index is 11.6. The summed E-state index contributed by atoms with van der Waals surface area (Å²) < 4.78 is 0. The monoisotopic (exact) mass is 237 g/mol. The number of nitrogens with zero attached hydrogens (tertiary/aromatic N) is 1. The van der Waals surface area contributed by atoms with E-state index in [0.29, 0.717) is 17.8 Å². The highest BCUT2D eigenvalue weighted by Gasteiger charge is 2.20. The third-order valence-corrected chi connectivity index (χ3v) is 3.28. The molecular weight excluding hydrogens is 222 g/mol. The number of hydrogen-bond donors (Lipinski definition) is 0. The minimum Gasteiger partial charge on any atom is -0.299 e. The number of ketones is 1. The highest BCUT2D eigenvalue weighted by molar-refractivity contribution is 5.81. The van der Waals surface area contributed by atoms with Gasteiger partial charge in [-0.15, -0.1) is 0 Å². The molecule has 1 aliphatic rings. The Bertz CT molecular complexity index is 525. The molecule has 1 aliphatic carbocycles. The number of Topliss-reactive ketones (excluding diaryl/α,β-unsaturated/α-hetero) is 1. The number of benzene rings is 1. The second kappa shape index (κ2) is 6.03. The average Bonchev–Trinajstić information content (AvgIpc) is 2.42. The molecule has 18 heavy (non-hydrogen) atoms. The lowest BCUT2D eigenvalue weighted by Crippen LogP contribution is -2.18. The second-order valence-corrected chi connectivity index (χ2v) is 4.60. The Hall–Kier alpha value is -2.06. The predicted octanol–water partition coefficient (Wildman–Crippen LogP) is 3.06. The van der Waals surface area contributed by atoms with Crippen molar-refractivity contribution in [3.05, 3.63) is 35.4 Å². The van der Waals surface area contributed by atoms with E-state index < -0.39 is 0 Å². The third kappa shape index (κ3) is 3.22. The van der Waals surface area contributed by atoms with Gasteiger partial charge in [0, 0.05) is 24.3 Å². The summed E-state index contributed by atoms with van der Waals surface area (Å²) in [5.74, 6) is 6.65. The molecule has 1 atom stereocenters. The lowest BCUT2D eigenvalue weighted by molar-refractivity contribution is -0.124. The van der Waals surface area contributed by atoms with Crippen molar-refractivity contribution in [1.82, 2.24) is 0 Å². The molecule has 0 heterocycles. The number of rotatable bonds is 1. The van der Waals surface area contributed by atoms with Gasteiger partial charge in [-0.25, -0.2) is 0 Å². The second-order valence-electron chi connectivity index (χ2n) is 4.60. The van der Waals surface area contributed by atoms with Gasteiger partial charge in [-0.2, -0.15) is 5.26 Å². The molecule has 1 fully saturated rings. The van der Waals surface area contributed by atoms with Crippen LogP contribution in [0, 0.1) is 29.1 Å². The van der Waals surface area contributed by atoms with E-state index >= 15 is 0 Å². The molecule has 0 radical (unpaired) electrons. The molecule has 90 valence electrons. The van der Waals surface area contributed by atoms with Gasteiger partial charge in [-0.1, -0.05) is 18.3 Å². The molecule has 0 aromatic heterocycles. The van der Waals surface area contributed by atoms with E-state index in [2.05, 4.69) is 17.9 Å². The van der Waals surface area contributed by atoms with Crippen molar-refractivity contribution in [2.45, 2.75) is 32.1 Å². The van der Waals surface area contributed by atoms with Gasteiger partial charge >= 0.3 is 0 Å². The number of carbonyl (C=O) groups is 1. The van der Waals surface area contributed by atoms with Crippen LogP contribution < -0.4 is 0 Å². The highest BCUT2D eigenvalue weighted by Crippen LogP contribution is 2.22. The van der Waals surface area contributed by atoms with Gasteiger partial charge in [-0.3, -0.25) is 4.79 Å². The van der Waals surface area contributed by atoms with E-state index in [4.69, 9.17) is 5.26 Å². The van der Waals surface area contributed by atoms with Gasteiger partial charge in [0.15, 0.2) is 0 Å². The van der Waals surface area contributed by atoms with E-state index in [1.54, 1.807) is 12.1 Å². The Balaban J connectivity index is 1.95. The first kappa shape index (κ1) is 12.4. The smallest absolute Gasteiger partial charge is 0.136 e. The average molecular weight is 237 g/mol. The van der Waals surface area contributed by atoms with Crippen LogP contribution in [0.4, 0.5) is 0 Å². The van der Waals surface area contributed by atoms with Crippen LogP contribution in [0.1, 0.15) is 43.2 Å². The zero-order chi connectivity index (χ0) is 12.8. The molecule has 1 saturated carbocycles. The molecular formula is C16H15NO. The topological polar surface area (TPSA) is 40.9 Å². The van der Waals surface area contributed by atoms with Crippen molar-refractivity contribution in [1.29, 1.82) is 5.26 Å². The van der Waals surface area contributed by atoms with Gasteiger partial charge in [0.2, 0.25) is 0 Å². The lowest BCUT2D eigenvalue weighted by Gasteiger charge is -2.17. The number of carbonyl (C=O) groups excluding carboxylic acids is 1. The Morgan fingerprint density at radius 3 is 2.56 bits per heavy atom. The van der Waals surface area contributed by atoms with Crippen molar-refractivity contribution in [2.75, 3.05) is 0 Å². The molecule has 1 aromatic carbocycles. The summed E-state index contributed by atoms with van der Waals surface area (Å²) in [5.41, 5.74) is 1.54. The van der Waals surface area contributed by atoms with Crippen molar-refractivity contribution in [3.8, 4) is 17.9 Å². The molecule has 2 heteroatoms. The Morgan fingerprint density at radius 1 is 1.17 bits per heavy atom. The van der Waals surface area contributed by atoms with Crippen LogP contribution in [0.15, 0.2) is 24.3 Å². The van der Waals surface area contributed by atoms with E-state index in [1.807, 2.05) is 12.1 Å². The van der Waals surface area contributed by atoms with Gasteiger partial charge < -0.3 is 0 Å². The van der Waals surface area contributed by atoms with Crippen LogP contribution >= 0.6 is 0 Å². The fraction of sp³-hybridized carbons (Fsp3) is 0.375. The van der Waals surface area contributed by atoms with Gasteiger partial charge in [0.05, 0.1) is 11.6 Å². The van der Waals surface area contributed by atoms with Crippen molar-refractivity contribution in [2.24, 2.45) is 5.92 Å². The van der Waals surface area contributed by atoms with Crippen LogP contribution in [0.5, 0.6) is 0 Å².